The molecule has 11 aromatic rings. The topological polar surface area (TPSA) is 43.6 Å². The van der Waals surface area contributed by atoms with E-state index in [1.54, 1.807) is 0 Å². The van der Waals surface area contributed by atoms with Crippen molar-refractivity contribution in [1.82, 2.24) is 19.5 Å². The fraction of sp³-hybridized carbons (Fsp3) is 0. The molecule has 57 heavy (non-hydrogen) atoms. The Morgan fingerprint density at radius 2 is 0.860 bits per heavy atom. The number of para-hydroxylation sites is 2. The number of benzene rings is 9. The average molecular weight is 727 g/mol. The number of nitrogens with zero attached hydrogens (tertiary/aromatic N) is 4. The SMILES string of the molecule is c1ccc(-c2nc(-c3ccc(-c4ccc5ccccc5c4)cc3)nc(-c3cccc(-c4ccccc4-n4c5ccccc5c5ccc6ccccc6c54)c3)n2)cc1. The van der Waals surface area contributed by atoms with Gasteiger partial charge in [-0.1, -0.05) is 182 Å². The Morgan fingerprint density at radius 1 is 0.298 bits per heavy atom. The number of rotatable bonds is 6. The minimum atomic E-state index is 0.625. The summed E-state index contributed by atoms with van der Waals surface area (Å²) in [5.74, 6) is 1.89. The van der Waals surface area contributed by atoms with Gasteiger partial charge in [0.05, 0.1) is 16.7 Å². The number of hydrogen-bond acceptors (Lipinski definition) is 3. The molecule has 0 N–H and O–H groups in total. The second-order valence-corrected chi connectivity index (χ2v) is 14.4. The molecular weight excluding hydrogens is 693 g/mol. The standard InChI is InChI=1S/C53H34N4/c1-2-15-38(16-3-1)51-54-52(39-28-25-36(26-29-39)41-30-27-35-13-4-5-17-40(35)33-41)56-53(55-51)43-19-12-18-42(34-43)44-20-8-10-23-48(44)57-49-24-11-9-22-46(49)47-32-31-37-14-6-7-21-45(37)50(47)57/h1-34H. The van der Waals surface area contributed by atoms with Crippen molar-refractivity contribution in [3.63, 3.8) is 0 Å². The first kappa shape index (κ1) is 32.7. The van der Waals surface area contributed by atoms with Gasteiger partial charge in [-0.15, -0.1) is 0 Å². The smallest absolute Gasteiger partial charge is 0.164 e. The molecule has 0 amide bonds. The third kappa shape index (κ3) is 5.74. The van der Waals surface area contributed by atoms with Crippen LogP contribution in [0.5, 0.6) is 0 Å². The van der Waals surface area contributed by atoms with Gasteiger partial charge in [0.15, 0.2) is 17.5 Å². The van der Waals surface area contributed by atoms with Gasteiger partial charge in [-0.3, -0.25) is 0 Å². The van der Waals surface area contributed by atoms with Crippen molar-refractivity contribution in [2.24, 2.45) is 0 Å². The van der Waals surface area contributed by atoms with E-state index in [1.165, 1.54) is 48.9 Å². The highest BCUT2D eigenvalue weighted by Crippen LogP contribution is 2.40. The van der Waals surface area contributed by atoms with Crippen LogP contribution >= 0.6 is 0 Å². The van der Waals surface area contributed by atoms with Crippen LogP contribution in [-0.2, 0) is 0 Å². The Hall–Kier alpha value is -7.69. The van der Waals surface area contributed by atoms with Gasteiger partial charge in [-0.25, -0.2) is 15.0 Å². The molecule has 0 atom stereocenters. The van der Waals surface area contributed by atoms with E-state index < -0.39 is 0 Å². The summed E-state index contributed by atoms with van der Waals surface area (Å²) in [6.45, 7) is 0. The molecule has 0 aliphatic heterocycles. The van der Waals surface area contributed by atoms with Crippen LogP contribution in [0.15, 0.2) is 206 Å². The highest BCUT2D eigenvalue weighted by molar-refractivity contribution is 6.19. The number of hydrogen-bond donors (Lipinski definition) is 0. The fourth-order valence-electron chi connectivity index (χ4n) is 8.25. The van der Waals surface area contributed by atoms with Gasteiger partial charge in [0.2, 0.25) is 0 Å². The van der Waals surface area contributed by atoms with Crippen molar-refractivity contribution in [2.45, 2.75) is 0 Å². The molecule has 4 nitrogen and oxygen atoms in total. The molecule has 9 aromatic carbocycles. The summed E-state index contributed by atoms with van der Waals surface area (Å²) < 4.78 is 2.44. The summed E-state index contributed by atoms with van der Waals surface area (Å²) in [6.07, 6.45) is 0. The monoisotopic (exact) mass is 726 g/mol. The van der Waals surface area contributed by atoms with E-state index in [-0.39, 0.29) is 0 Å². The van der Waals surface area contributed by atoms with Crippen molar-refractivity contribution in [2.75, 3.05) is 0 Å². The maximum atomic E-state index is 5.14. The molecule has 0 aliphatic rings. The summed E-state index contributed by atoms with van der Waals surface area (Å²) in [6, 6.07) is 72.9. The Bertz CT molecular complexity index is 3290. The molecule has 11 rings (SSSR count). The Labute approximate surface area is 330 Å². The Balaban J connectivity index is 1.04. The van der Waals surface area contributed by atoms with Gasteiger partial charge in [0.25, 0.3) is 0 Å². The summed E-state index contributed by atoms with van der Waals surface area (Å²) >= 11 is 0. The van der Waals surface area contributed by atoms with Gasteiger partial charge in [0, 0.05) is 38.4 Å². The predicted molar refractivity (Wildman–Crippen MR) is 236 cm³/mol. The molecule has 0 spiro atoms. The molecule has 0 bridgehead atoms. The lowest BCUT2D eigenvalue weighted by molar-refractivity contribution is 1.07. The highest BCUT2D eigenvalue weighted by atomic mass is 15.0. The van der Waals surface area contributed by atoms with Gasteiger partial charge in [-0.05, 0) is 57.1 Å². The Kier molecular flexibility index (Phi) is 7.78. The average Bonchev–Trinajstić information content (AvgIpc) is 3.64. The third-order valence-electron chi connectivity index (χ3n) is 11.0. The van der Waals surface area contributed by atoms with Crippen LogP contribution in [0, 0.1) is 0 Å². The predicted octanol–water partition coefficient (Wildman–Crippen LogP) is 13.6. The molecule has 2 heterocycles. The summed E-state index contributed by atoms with van der Waals surface area (Å²) in [5, 5.41) is 7.38. The molecule has 2 aromatic heterocycles. The first-order valence-electron chi connectivity index (χ1n) is 19.3. The lowest BCUT2D eigenvalue weighted by Crippen LogP contribution is -2.01. The van der Waals surface area contributed by atoms with E-state index in [2.05, 4.69) is 180 Å². The van der Waals surface area contributed by atoms with E-state index in [0.717, 1.165) is 39.1 Å². The maximum Gasteiger partial charge on any atom is 0.164 e. The second-order valence-electron chi connectivity index (χ2n) is 14.4. The first-order valence-corrected chi connectivity index (χ1v) is 19.3. The lowest BCUT2D eigenvalue weighted by Gasteiger charge is -2.16. The molecule has 0 radical (unpaired) electrons. The van der Waals surface area contributed by atoms with E-state index in [0.29, 0.717) is 17.5 Å². The van der Waals surface area contributed by atoms with Crippen LogP contribution in [0.2, 0.25) is 0 Å². The summed E-state index contributed by atoms with van der Waals surface area (Å²) in [7, 11) is 0. The van der Waals surface area contributed by atoms with Crippen LogP contribution in [-0.4, -0.2) is 19.5 Å². The van der Waals surface area contributed by atoms with Crippen LogP contribution < -0.4 is 0 Å². The van der Waals surface area contributed by atoms with E-state index in [4.69, 9.17) is 15.0 Å². The summed E-state index contributed by atoms with van der Waals surface area (Å²) in [5.41, 5.74) is 10.8. The molecule has 4 heteroatoms. The summed E-state index contributed by atoms with van der Waals surface area (Å²) in [4.78, 5) is 15.3. The quantitative estimate of drug-likeness (QED) is 0.171. The van der Waals surface area contributed by atoms with Crippen LogP contribution in [0.25, 0.3) is 105 Å². The fourth-order valence-corrected chi connectivity index (χ4v) is 8.25. The van der Waals surface area contributed by atoms with E-state index in [1.807, 2.05) is 30.3 Å². The third-order valence-corrected chi connectivity index (χ3v) is 11.0. The van der Waals surface area contributed by atoms with E-state index in [9.17, 15) is 0 Å². The zero-order valence-electron chi connectivity index (χ0n) is 30.9. The minimum absolute atomic E-state index is 0.625. The number of fused-ring (bicyclic) bond motifs is 6. The second kappa shape index (κ2) is 13.6. The van der Waals surface area contributed by atoms with E-state index >= 15 is 0 Å². The normalized spacial score (nSPS) is 11.5. The Morgan fingerprint density at radius 3 is 1.68 bits per heavy atom. The minimum Gasteiger partial charge on any atom is -0.308 e. The van der Waals surface area contributed by atoms with Crippen LogP contribution in [0.4, 0.5) is 0 Å². The van der Waals surface area contributed by atoms with Gasteiger partial charge in [-0.2, -0.15) is 0 Å². The van der Waals surface area contributed by atoms with Crippen molar-refractivity contribution in [1.29, 1.82) is 0 Å². The van der Waals surface area contributed by atoms with Crippen molar-refractivity contribution in [3.05, 3.63) is 206 Å². The molecule has 0 fully saturated rings. The molecule has 266 valence electrons. The lowest BCUT2D eigenvalue weighted by atomic mass is 10.00. The molecular formula is C53H34N4. The zero-order chi connectivity index (χ0) is 37.7. The largest absolute Gasteiger partial charge is 0.308 e. The maximum absolute atomic E-state index is 5.14. The van der Waals surface area contributed by atoms with Gasteiger partial charge >= 0.3 is 0 Å². The molecule has 0 saturated carbocycles. The van der Waals surface area contributed by atoms with Crippen molar-refractivity contribution in [3.8, 4) is 62.1 Å². The zero-order valence-corrected chi connectivity index (χ0v) is 30.9. The van der Waals surface area contributed by atoms with Crippen molar-refractivity contribution >= 4 is 43.4 Å². The number of aromatic nitrogens is 4. The van der Waals surface area contributed by atoms with Gasteiger partial charge < -0.3 is 4.57 Å². The molecule has 0 unspecified atom stereocenters. The van der Waals surface area contributed by atoms with Crippen molar-refractivity contribution < 1.29 is 0 Å². The molecule has 0 saturated heterocycles. The van der Waals surface area contributed by atoms with Gasteiger partial charge in [0.1, 0.15) is 0 Å². The first-order chi connectivity index (χ1) is 28.2. The van der Waals surface area contributed by atoms with Crippen LogP contribution in [0.1, 0.15) is 0 Å². The highest BCUT2D eigenvalue weighted by Gasteiger charge is 2.19. The molecule has 0 aliphatic carbocycles. The van der Waals surface area contributed by atoms with Crippen LogP contribution in [0.3, 0.4) is 0 Å².